The molecule has 2 aromatic rings. The number of rotatable bonds is 9. The molecule has 11 heteroatoms. The van der Waals surface area contributed by atoms with Crippen molar-refractivity contribution in [1.29, 1.82) is 5.41 Å². The van der Waals surface area contributed by atoms with Gasteiger partial charge in [-0.25, -0.2) is 0 Å². The highest BCUT2D eigenvalue weighted by Crippen LogP contribution is 2.34. The lowest BCUT2D eigenvalue weighted by Gasteiger charge is -2.31. The standard InChI is InChI=1S/C28H35N9O2/c1-18-23(11-19(13-31-18)26(38)30-8-10-36-9-4-7-28(36,2)3)35-27(39)22(12-29)25-16-32-24(15-33-25)20-14-34-37(17-20)21-5-6-21/h11-17,21,29,33H,4-10H2,1-3H3,(H,30,38)(H,35,39)/b25-22+,29-12?. The summed E-state index contributed by atoms with van der Waals surface area (Å²) in [6.45, 7) is 8.56. The number of aliphatic imine (C=N–C) groups is 1. The van der Waals surface area contributed by atoms with E-state index in [-0.39, 0.29) is 17.0 Å². The van der Waals surface area contributed by atoms with E-state index in [1.165, 1.54) is 18.8 Å². The van der Waals surface area contributed by atoms with Gasteiger partial charge in [-0.15, -0.1) is 0 Å². The van der Waals surface area contributed by atoms with Crippen molar-refractivity contribution in [3.8, 4) is 0 Å². The van der Waals surface area contributed by atoms with Crippen molar-refractivity contribution in [3.63, 3.8) is 0 Å². The van der Waals surface area contributed by atoms with Crippen molar-refractivity contribution >= 4 is 35.6 Å². The lowest BCUT2D eigenvalue weighted by Crippen LogP contribution is -2.43. The molecule has 11 nitrogen and oxygen atoms in total. The summed E-state index contributed by atoms with van der Waals surface area (Å²) >= 11 is 0. The van der Waals surface area contributed by atoms with Gasteiger partial charge in [0.05, 0.1) is 52.4 Å². The largest absolute Gasteiger partial charge is 0.358 e. The Morgan fingerprint density at radius 3 is 2.77 bits per heavy atom. The van der Waals surface area contributed by atoms with Crippen LogP contribution in [0.1, 0.15) is 67.2 Å². The monoisotopic (exact) mass is 529 g/mol. The van der Waals surface area contributed by atoms with Crippen LogP contribution in [0.25, 0.3) is 5.70 Å². The number of amides is 2. The third-order valence-corrected chi connectivity index (χ3v) is 7.53. The first-order valence-corrected chi connectivity index (χ1v) is 13.4. The van der Waals surface area contributed by atoms with Gasteiger partial charge in [-0.2, -0.15) is 5.10 Å². The number of nitrogens with one attached hydrogen (secondary N) is 4. The minimum absolute atomic E-state index is 0.102. The molecular weight excluding hydrogens is 494 g/mol. The third kappa shape index (κ3) is 5.98. The molecule has 0 unspecified atom stereocenters. The van der Waals surface area contributed by atoms with Crippen LogP contribution in [0.15, 0.2) is 47.1 Å². The van der Waals surface area contributed by atoms with Crippen molar-refractivity contribution in [1.82, 2.24) is 30.3 Å². The van der Waals surface area contributed by atoms with Crippen LogP contribution >= 0.6 is 0 Å². The maximum atomic E-state index is 13.1. The highest BCUT2D eigenvalue weighted by Gasteiger charge is 2.31. The van der Waals surface area contributed by atoms with E-state index in [0.29, 0.717) is 40.9 Å². The van der Waals surface area contributed by atoms with E-state index >= 15 is 0 Å². The van der Waals surface area contributed by atoms with Crippen LogP contribution in [-0.4, -0.2) is 69.1 Å². The molecule has 2 aromatic heterocycles. The fourth-order valence-electron chi connectivity index (χ4n) is 4.89. The number of carbonyl (C=O) groups excluding carboxylic acids is 2. The normalized spacial score (nSPS) is 19.7. The Morgan fingerprint density at radius 1 is 1.28 bits per heavy atom. The van der Waals surface area contributed by atoms with Crippen LogP contribution in [0.2, 0.25) is 0 Å². The maximum Gasteiger partial charge on any atom is 0.259 e. The molecule has 1 saturated carbocycles. The number of hydrogen-bond acceptors (Lipinski definition) is 8. The summed E-state index contributed by atoms with van der Waals surface area (Å²) in [5.41, 5.74) is 3.56. The first-order valence-electron chi connectivity index (χ1n) is 13.4. The summed E-state index contributed by atoms with van der Waals surface area (Å²) in [5, 5.41) is 21.1. The molecule has 3 aliphatic rings. The molecule has 0 atom stereocenters. The predicted octanol–water partition coefficient (Wildman–Crippen LogP) is 3.04. The van der Waals surface area contributed by atoms with Crippen LogP contribution < -0.4 is 16.0 Å². The molecule has 2 fully saturated rings. The molecule has 1 saturated heterocycles. The Kier molecular flexibility index (Phi) is 7.42. The average molecular weight is 530 g/mol. The fraction of sp³-hybridized carbons (Fsp3) is 0.429. The van der Waals surface area contributed by atoms with Crippen LogP contribution in [0.3, 0.4) is 0 Å². The zero-order valence-electron chi connectivity index (χ0n) is 22.6. The van der Waals surface area contributed by atoms with Gasteiger partial charge in [0.15, 0.2) is 0 Å². The summed E-state index contributed by atoms with van der Waals surface area (Å²) in [4.78, 5) is 37.0. The van der Waals surface area contributed by atoms with Gasteiger partial charge in [-0.3, -0.25) is 29.1 Å². The molecule has 39 heavy (non-hydrogen) atoms. The number of aryl methyl sites for hydroxylation is 1. The summed E-state index contributed by atoms with van der Waals surface area (Å²) < 4.78 is 1.95. The summed E-state index contributed by atoms with van der Waals surface area (Å²) in [5.74, 6) is -0.750. The van der Waals surface area contributed by atoms with Crippen molar-refractivity contribution in [2.75, 3.05) is 25.0 Å². The van der Waals surface area contributed by atoms with Gasteiger partial charge in [-0.1, -0.05) is 0 Å². The van der Waals surface area contributed by atoms with Gasteiger partial charge < -0.3 is 21.4 Å². The number of hydrogen-bond donors (Lipinski definition) is 4. The summed E-state index contributed by atoms with van der Waals surface area (Å²) in [6.07, 6.45) is 14.1. The molecular formula is C28H35N9O2. The average Bonchev–Trinajstić information content (AvgIpc) is 3.55. The number of aromatic nitrogens is 3. The fourth-order valence-corrected chi connectivity index (χ4v) is 4.89. The molecule has 0 spiro atoms. The third-order valence-electron chi connectivity index (χ3n) is 7.53. The second kappa shape index (κ2) is 10.9. The molecule has 0 radical (unpaired) electrons. The highest BCUT2D eigenvalue weighted by molar-refractivity contribution is 6.20. The Balaban J connectivity index is 1.22. The number of anilines is 1. The maximum absolute atomic E-state index is 13.1. The minimum atomic E-state index is -0.504. The number of pyridine rings is 1. The zero-order chi connectivity index (χ0) is 27.6. The van der Waals surface area contributed by atoms with Crippen molar-refractivity contribution in [3.05, 3.63) is 58.9 Å². The van der Waals surface area contributed by atoms with E-state index in [1.54, 1.807) is 25.4 Å². The second-order valence-corrected chi connectivity index (χ2v) is 10.8. The lowest BCUT2D eigenvalue weighted by molar-refractivity contribution is -0.112. The highest BCUT2D eigenvalue weighted by atomic mass is 16.2. The topological polar surface area (TPSA) is 140 Å². The minimum Gasteiger partial charge on any atom is -0.358 e. The zero-order valence-corrected chi connectivity index (χ0v) is 22.6. The lowest BCUT2D eigenvalue weighted by atomic mass is 10.0. The molecule has 2 amide bonds. The molecule has 0 aromatic carbocycles. The van der Waals surface area contributed by atoms with E-state index in [1.807, 2.05) is 10.9 Å². The van der Waals surface area contributed by atoms with E-state index in [2.05, 4.69) is 49.8 Å². The van der Waals surface area contributed by atoms with Gasteiger partial charge in [0.2, 0.25) is 0 Å². The molecule has 204 valence electrons. The van der Waals surface area contributed by atoms with E-state index in [4.69, 9.17) is 5.41 Å². The van der Waals surface area contributed by atoms with Gasteiger partial charge in [0.1, 0.15) is 0 Å². The second-order valence-electron chi connectivity index (χ2n) is 10.8. The molecule has 5 rings (SSSR count). The number of likely N-dealkylation sites (tertiary alicyclic amines) is 1. The first kappa shape index (κ1) is 26.5. The van der Waals surface area contributed by atoms with Gasteiger partial charge >= 0.3 is 0 Å². The van der Waals surface area contributed by atoms with Crippen LogP contribution in [0.4, 0.5) is 5.69 Å². The first-order chi connectivity index (χ1) is 18.7. The number of nitrogens with zero attached hydrogens (tertiary/aromatic N) is 5. The summed E-state index contributed by atoms with van der Waals surface area (Å²) in [6, 6.07) is 2.09. The number of carbonyl (C=O) groups is 2. The molecule has 2 aliphatic heterocycles. The Morgan fingerprint density at radius 2 is 2.10 bits per heavy atom. The van der Waals surface area contributed by atoms with E-state index < -0.39 is 5.91 Å². The SMILES string of the molecule is Cc1ncc(C(=O)NCCN2CCCC2(C)C)cc1NC(=O)/C(C=N)=C1\C=NC(c2cnn(C3CC3)c2)=CN1. The molecule has 4 N–H and O–H groups in total. The Hall–Kier alpha value is -4.12. The summed E-state index contributed by atoms with van der Waals surface area (Å²) in [7, 11) is 0. The van der Waals surface area contributed by atoms with E-state index in [0.717, 1.165) is 44.1 Å². The van der Waals surface area contributed by atoms with Crippen LogP contribution in [0, 0.1) is 12.3 Å². The van der Waals surface area contributed by atoms with Crippen molar-refractivity contribution < 1.29 is 9.59 Å². The van der Waals surface area contributed by atoms with Crippen LogP contribution in [0.5, 0.6) is 0 Å². The molecule has 0 bridgehead atoms. The Bertz CT molecular complexity index is 1380. The van der Waals surface area contributed by atoms with Crippen molar-refractivity contribution in [2.24, 2.45) is 4.99 Å². The predicted molar refractivity (Wildman–Crippen MR) is 151 cm³/mol. The Labute approximate surface area is 228 Å². The smallest absolute Gasteiger partial charge is 0.259 e. The molecule has 4 heterocycles. The van der Waals surface area contributed by atoms with Crippen molar-refractivity contribution in [2.45, 2.75) is 58.0 Å². The van der Waals surface area contributed by atoms with Gasteiger partial charge in [-0.05, 0) is 59.1 Å². The van der Waals surface area contributed by atoms with Gasteiger partial charge in [0.25, 0.3) is 11.8 Å². The van der Waals surface area contributed by atoms with E-state index in [9.17, 15) is 9.59 Å². The number of allylic oxidation sites excluding steroid dienone is 1. The molecule has 1 aliphatic carbocycles. The quantitative estimate of drug-likeness (QED) is 0.291. The van der Waals surface area contributed by atoms with Gasteiger partial charge in [0, 0.05) is 49.0 Å². The van der Waals surface area contributed by atoms with Crippen LogP contribution in [-0.2, 0) is 4.79 Å².